The fraction of sp³-hybridized carbons (Fsp3) is 0.158. The van der Waals surface area contributed by atoms with Crippen LogP contribution in [0.25, 0.3) is 11.0 Å². The predicted octanol–water partition coefficient (Wildman–Crippen LogP) is 3.99. The molecule has 0 aliphatic rings. The molecule has 1 heterocycles. The van der Waals surface area contributed by atoms with Crippen molar-refractivity contribution >= 4 is 22.6 Å². The van der Waals surface area contributed by atoms with Gasteiger partial charge in [0.2, 0.25) is 0 Å². The van der Waals surface area contributed by atoms with Crippen LogP contribution in [-0.2, 0) is 0 Å². The van der Waals surface area contributed by atoms with Crippen LogP contribution >= 0.6 is 0 Å². The number of nitrogens with one attached hydrogen (secondary N) is 1. The lowest BCUT2D eigenvalue weighted by Gasteiger charge is -2.05. The lowest BCUT2D eigenvalue weighted by molar-refractivity contribution is 0.0929. The van der Waals surface area contributed by atoms with Crippen LogP contribution in [0.1, 0.15) is 30.0 Å². The normalized spacial score (nSPS) is 11.5. The number of hydrogen-bond donors (Lipinski definition) is 1. The van der Waals surface area contributed by atoms with Crippen LogP contribution in [0.3, 0.4) is 0 Å². The van der Waals surface area contributed by atoms with Gasteiger partial charge in [0.1, 0.15) is 11.3 Å². The van der Waals surface area contributed by atoms with E-state index < -0.39 is 0 Å². The highest BCUT2D eigenvalue weighted by atomic mass is 16.5. The van der Waals surface area contributed by atoms with E-state index in [1.165, 1.54) is 0 Å². The monoisotopic (exact) mass is 322 g/mol. The van der Waals surface area contributed by atoms with Gasteiger partial charge in [-0.25, -0.2) is 5.43 Å². The molecule has 5 heteroatoms. The Morgan fingerprint density at radius 1 is 1.17 bits per heavy atom. The van der Waals surface area contributed by atoms with Gasteiger partial charge in [0.15, 0.2) is 5.76 Å². The molecule has 0 saturated carbocycles. The first kappa shape index (κ1) is 15.8. The maximum atomic E-state index is 12.2. The second kappa shape index (κ2) is 7.00. The maximum Gasteiger partial charge on any atom is 0.307 e. The van der Waals surface area contributed by atoms with E-state index in [4.69, 9.17) is 9.15 Å². The summed E-state index contributed by atoms with van der Waals surface area (Å²) in [6.45, 7) is 4.39. The maximum absolute atomic E-state index is 12.2. The molecule has 3 rings (SSSR count). The fourth-order valence-corrected chi connectivity index (χ4v) is 2.31. The van der Waals surface area contributed by atoms with E-state index in [2.05, 4.69) is 10.5 Å². The highest BCUT2D eigenvalue weighted by molar-refractivity contribution is 6.01. The summed E-state index contributed by atoms with van der Waals surface area (Å²) >= 11 is 0. The van der Waals surface area contributed by atoms with Crippen molar-refractivity contribution in [2.75, 3.05) is 6.61 Å². The average Bonchev–Trinajstić information content (AvgIpc) is 3.04. The molecule has 1 N–H and O–H groups in total. The third-order valence-electron chi connectivity index (χ3n) is 3.56. The zero-order chi connectivity index (χ0) is 16.9. The van der Waals surface area contributed by atoms with E-state index in [9.17, 15) is 4.79 Å². The average molecular weight is 322 g/mol. The highest BCUT2D eigenvalue weighted by Gasteiger charge is 2.11. The number of fused-ring (bicyclic) bond motifs is 1. The van der Waals surface area contributed by atoms with Crippen LogP contribution in [0, 0.1) is 0 Å². The number of para-hydroxylation sites is 1. The van der Waals surface area contributed by atoms with E-state index in [-0.39, 0.29) is 11.7 Å². The summed E-state index contributed by atoms with van der Waals surface area (Å²) in [5.74, 6) is 0.663. The van der Waals surface area contributed by atoms with Gasteiger partial charge < -0.3 is 9.15 Å². The van der Waals surface area contributed by atoms with Crippen molar-refractivity contribution in [2.45, 2.75) is 13.8 Å². The number of benzene rings is 2. The van der Waals surface area contributed by atoms with Crippen molar-refractivity contribution in [3.8, 4) is 5.75 Å². The molecule has 0 atom stereocenters. The Bertz CT molecular complexity index is 846. The molecule has 0 saturated heterocycles. The number of nitrogens with zero attached hydrogens (tertiary/aromatic N) is 1. The van der Waals surface area contributed by atoms with Gasteiger partial charge in [0.05, 0.1) is 12.3 Å². The lowest BCUT2D eigenvalue weighted by atomic mass is 10.1. The van der Waals surface area contributed by atoms with Crippen LogP contribution < -0.4 is 10.2 Å². The summed E-state index contributed by atoms with van der Waals surface area (Å²) in [6.07, 6.45) is 0. The number of rotatable bonds is 5. The largest absolute Gasteiger partial charge is 0.494 e. The van der Waals surface area contributed by atoms with E-state index in [0.29, 0.717) is 17.9 Å². The van der Waals surface area contributed by atoms with Gasteiger partial charge in [0.25, 0.3) is 0 Å². The summed E-state index contributed by atoms with van der Waals surface area (Å²) in [5.41, 5.74) is 4.80. The van der Waals surface area contributed by atoms with Crippen molar-refractivity contribution in [1.82, 2.24) is 5.43 Å². The number of furan rings is 1. The molecule has 1 aromatic heterocycles. The van der Waals surface area contributed by atoms with Crippen molar-refractivity contribution in [2.24, 2.45) is 5.10 Å². The Kier molecular flexibility index (Phi) is 4.61. The third kappa shape index (κ3) is 3.46. The summed E-state index contributed by atoms with van der Waals surface area (Å²) < 4.78 is 10.9. The number of carbonyl (C=O) groups is 1. The second-order valence-electron chi connectivity index (χ2n) is 5.24. The van der Waals surface area contributed by atoms with Gasteiger partial charge in [-0.1, -0.05) is 18.2 Å². The molecule has 0 aliphatic carbocycles. The smallest absolute Gasteiger partial charge is 0.307 e. The zero-order valence-corrected chi connectivity index (χ0v) is 13.6. The van der Waals surface area contributed by atoms with Gasteiger partial charge in [-0.3, -0.25) is 4.79 Å². The molecule has 2 aromatic carbocycles. The van der Waals surface area contributed by atoms with Crippen LogP contribution in [0.5, 0.6) is 5.75 Å². The number of carbonyl (C=O) groups excluding carboxylic acids is 1. The minimum absolute atomic E-state index is 0.236. The third-order valence-corrected chi connectivity index (χ3v) is 3.56. The Labute approximate surface area is 139 Å². The van der Waals surface area contributed by atoms with Gasteiger partial charge in [-0.05, 0) is 55.8 Å². The molecule has 0 radical (unpaired) electrons. The first-order valence-corrected chi connectivity index (χ1v) is 7.74. The summed E-state index contributed by atoms with van der Waals surface area (Å²) in [6, 6.07) is 16.7. The molecule has 24 heavy (non-hydrogen) atoms. The van der Waals surface area contributed by atoms with Crippen molar-refractivity contribution in [3.05, 3.63) is 65.9 Å². The van der Waals surface area contributed by atoms with E-state index in [1.807, 2.05) is 62.4 Å². The number of hydrazone groups is 1. The summed E-state index contributed by atoms with van der Waals surface area (Å²) in [7, 11) is 0. The van der Waals surface area contributed by atoms with Gasteiger partial charge in [-0.15, -0.1) is 0 Å². The van der Waals surface area contributed by atoms with Crippen molar-refractivity contribution in [3.63, 3.8) is 0 Å². The van der Waals surface area contributed by atoms with Crippen molar-refractivity contribution < 1.29 is 13.9 Å². The molecule has 0 aliphatic heterocycles. The second-order valence-corrected chi connectivity index (χ2v) is 5.24. The SMILES string of the molecule is CCOc1ccc(C(C)=NNC(=O)c2cc3ccccc3o2)cc1. The Hall–Kier alpha value is -3.08. The number of hydrogen-bond acceptors (Lipinski definition) is 4. The quantitative estimate of drug-likeness (QED) is 0.571. The molecule has 5 nitrogen and oxygen atoms in total. The Balaban J connectivity index is 1.70. The molecule has 0 unspecified atom stereocenters. The Morgan fingerprint density at radius 2 is 1.92 bits per heavy atom. The first-order chi connectivity index (χ1) is 11.7. The molecule has 0 bridgehead atoms. The summed E-state index contributed by atoms with van der Waals surface area (Å²) in [4.78, 5) is 12.2. The zero-order valence-electron chi connectivity index (χ0n) is 13.6. The van der Waals surface area contributed by atoms with E-state index in [1.54, 1.807) is 6.07 Å². The fourth-order valence-electron chi connectivity index (χ4n) is 2.31. The first-order valence-electron chi connectivity index (χ1n) is 7.74. The topological polar surface area (TPSA) is 63.8 Å². The lowest BCUT2D eigenvalue weighted by Crippen LogP contribution is -2.18. The molecule has 0 spiro atoms. The van der Waals surface area contributed by atoms with E-state index in [0.717, 1.165) is 16.7 Å². The summed E-state index contributed by atoms with van der Waals surface area (Å²) in [5, 5.41) is 5.02. The van der Waals surface area contributed by atoms with Crippen LogP contribution in [0.4, 0.5) is 0 Å². The standard InChI is InChI=1S/C19H18N2O3/c1-3-23-16-10-8-14(9-11-16)13(2)20-21-19(22)18-12-15-6-4-5-7-17(15)24-18/h4-12H,3H2,1-2H3,(H,21,22). The van der Waals surface area contributed by atoms with Gasteiger partial charge in [0, 0.05) is 5.39 Å². The Morgan fingerprint density at radius 3 is 2.62 bits per heavy atom. The van der Waals surface area contributed by atoms with Crippen molar-refractivity contribution in [1.29, 1.82) is 0 Å². The van der Waals surface area contributed by atoms with E-state index >= 15 is 0 Å². The van der Waals surface area contributed by atoms with Crippen LogP contribution in [0.15, 0.2) is 64.1 Å². The number of ether oxygens (including phenoxy) is 1. The predicted molar refractivity (Wildman–Crippen MR) is 93.5 cm³/mol. The molecule has 0 fully saturated rings. The molecular weight excluding hydrogens is 304 g/mol. The minimum Gasteiger partial charge on any atom is -0.494 e. The molecular formula is C19H18N2O3. The highest BCUT2D eigenvalue weighted by Crippen LogP contribution is 2.18. The molecule has 3 aromatic rings. The number of amides is 1. The van der Waals surface area contributed by atoms with Crippen LogP contribution in [0.2, 0.25) is 0 Å². The van der Waals surface area contributed by atoms with Gasteiger partial charge in [-0.2, -0.15) is 5.10 Å². The van der Waals surface area contributed by atoms with Gasteiger partial charge >= 0.3 is 5.91 Å². The molecule has 1 amide bonds. The molecule has 122 valence electrons. The minimum atomic E-state index is -0.378. The van der Waals surface area contributed by atoms with Crippen LogP contribution in [-0.4, -0.2) is 18.2 Å².